The number of nitrogens with zero attached hydrogens (tertiary/aromatic N) is 3. The number of nitriles is 1. The highest BCUT2D eigenvalue weighted by atomic mass is 19.1. The third-order valence-corrected chi connectivity index (χ3v) is 3.81. The third-order valence-electron chi connectivity index (χ3n) is 3.81. The van der Waals surface area contributed by atoms with Crippen molar-refractivity contribution in [3.8, 4) is 11.8 Å². The fourth-order valence-corrected chi connectivity index (χ4v) is 2.52. The van der Waals surface area contributed by atoms with Crippen LogP contribution < -0.4 is 10.1 Å². The van der Waals surface area contributed by atoms with Crippen LogP contribution in [0, 0.1) is 27.3 Å². The van der Waals surface area contributed by atoms with Crippen LogP contribution in [0.4, 0.5) is 15.9 Å². The Kier molecular flexibility index (Phi) is 4.62. The van der Waals surface area contributed by atoms with Crippen molar-refractivity contribution in [1.29, 1.82) is 5.26 Å². The van der Waals surface area contributed by atoms with Gasteiger partial charge in [0.2, 0.25) is 0 Å². The van der Waals surface area contributed by atoms with Crippen LogP contribution in [-0.2, 0) is 6.54 Å². The summed E-state index contributed by atoms with van der Waals surface area (Å²) in [6.45, 7) is 0.289. The number of pyridine rings is 1. The molecule has 0 saturated carbocycles. The molecule has 26 heavy (non-hydrogen) atoms. The molecule has 3 rings (SSSR count). The Bertz CT molecular complexity index is 1050. The van der Waals surface area contributed by atoms with E-state index in [-0.39, 0.29) is 23.5 Å². The van der Waals surface area contributed by atoms with Gasteiger partial charge in [0.15, 0.2) is 11.6 Å². The lowest BCUT2D eigenvalue weighted by atomic mass is 10.1. The normalized spacial score (nSPS) is 10.3. The number of non-ortho nitro benzene ring substituents is 1. The highest BCUT2D eigenvalue weighted by molar-refractivity contribution is 5.88. The van der Waals surface area contributed by atoms with Crippen LogP contribution in [0.2, 0.25) is 0 Å². The molecule has 0 spiro atoms. The Morgan fingerprint density at radius 1 is 1.31 bits per heavy atom. The van der Waals surface area contributed by atoms with Crippen LogP contribution in [0.25, 0.3) is 10.9 Å². The fraction of sp³-hybridized carbons (Fsp3) is 0.111. The van der Waals surface area contributed by atoms with Gasteiger partial charge >= 0.3 is 0 Å². The molecular weight excluding hydrogens is 339 g/mol. The van der Waals surface area contributed by atoms with Gasteiger partial charge in [0.1, 0.15) is 5.82 Å². The predicted octanol–water partition coefficient (Wildman–Crippen LogP) is 3.77. The first-order chi connectivity index (χ1) is 12.5. The van der Waals surface area contributed by atoms with Crippen LogP contribution in [0.1, 0.15) is 11.1 Å². The highest BCUT2D eigenvalue weighted by Gasteiger charge is 2.12. The average Bonchev–Trinajstić information content (AvgIpc) is 2.65. The Morgan fingerprint density at radius 3 is 2.77 bits per heavy atom. The number of rotatable bonds is 5. The quantitative estimate of drug-likeness (QED) is 0.554. The fourth-order valence-electron chi connectivity index (χ4n) is 2.52. The number of anilines is 1. The van der Waals surface area contributed by atoms with Crippen LogP contribution in [-0.4, -0.2) is 17.0 Å². The maximum atomic E-state index is 13.7. The van der Waals surface area contributed by atoms with Crippen LogP contribution in [0.3, 0.4) is 0 Å². The second-order valence-corrected chi connectivity index (χ2v) is 5.45. The van der Waals surface area contributed by atoms with Gasteiger partial charge in [-0.25, -0.2) is 9.37 Å². The summed E-state index contributed by atoms with van der Waals surface area (Å²) >= 11 is 0. The largest absolute Gasteiger partial charge is 0.494 e. The monoisotopic (exact) mass is 352 g/mol. The molecule has 0 aliphatic rings. The molecule has 8 heteroatoms. The highest BCUT2D eigenvalue weighted by Crippen LogP contribution is 2.25. The number of nitrogens with one attached hydrogen (secondary N) is 1. The molecule has 2 aromatic carbocycles. The second kappa shape index (κ2) is 7.03. The first kappa shape index (κ1) is 17.1. The Balaban J connectivity index is 1.89. The summed E-state index contributed by atoms with van der Waals surface area (Å²) in [5.74, 6) is 0.105. The molecule has 0 radical (unpaired) electrons. The zero-order valence-corrected chi connectivity index (χ0v) is 13.7. The summed E-state index contributed by atoms with van der Waals surface area (Å²) in [6.07, 6.45) is 0. The van der Waals surface area contributed by atoms with E-state index in [9.17, 15) is 19.8 Å². The number of fused-ring (bicyclic) bond motifs is 1. The van der Waals surface area contributed by atoms with E-state index in [0.29, 0.717) is 22.3 Å². The number of ether oxygens (including phenoxy) is 1. The van der Waals surface area contributed by atoms with Crippen molar-refractivity contribution < 1.29 is 14.1 Å². The molecule has 0 amide bonds. The van der Waals surface area contributed by atoms with E-state index >= 15 is 0 Å². The Morgan fingerprint density at radius 2 is 2.12 bits per heavy atom. The van der Waals surface area contributed by atoms with E-state index in [1.165, 1.54) is 43.5 Å². The summed E-state index contributed by atoms with van der Waals surface area (Å²) in [6, 6.07) is 12.3. The molecule has 1 heterocycles. The molecule has 0 aliphatic heterocycles. The number of hydrogen-bond donors (Lipinski definition) is 1. The number of nitro groups is 1. The maximum Gasteiger partial charge on any atom is 0.270 e. The standard InChI is InChI=1S/C18H13FN4O3/c1-26-17-5-2-11(6-15(17)19)10-21-18-7-12(9-20)14-8-13(23(24)25)3-4-16(14)22-18/h2-8H,10H2,1H3,(H,21,22). The van der Waals surface area contributed by atoms with Crippen molar-refractivity contribution in [3.63, 3.8) is 0 Å². The van der Waals surface area contributed by atoms with Crippen molar-refractivity contribution in [2.45, 2.75) is 6.54 Å². The number of hydrogen-bond acceptors (Lipinski definition) is 6. The molecule has 130 valence electrons. The van der Waals surface area contributed by atoms with Gasteiger partial charge in [-0.3, -0.25) is 10.1 Å². The van der Waals surface area contributed by atoms with Gasteiger partial charge in [-0.2, -0.15) is 5.26 Å². The van der Waals surface area contributed by atoms with Gasteiger partial charge in [-0.1, -0.05) is 6.07 Å². The molecule has 0 saturated heterocycles. The number of aromatic nitrogens is 1. The minimum Gasteiger partial charge on any atom is -0.494 e. The first-order valence-electron chi connectivity index (χ1n) is 7.57. The van der Waals surface area contributed by atoms with E-state index in [2.05, 4.69) is 10.3 Å². The summed E-state index contributed by atoms with van der Waals surface area (Å²) in [4.78, 5) is 14.7. The zero-order chi connectivity index (χ0) is 18.7. The lowest BCUT2D eigenvalue weighted by molar-refractivity contribution is -0.384. The lowest BCUT2D eigenvalue weighted by Gasteiger charge is -2.09. The Labute approximate surface area is 147 Å². The van der Waals surface area contributed by atoms with Gasteiger partial charge in [-0.15, -0.1) is 0 Å². The van der Waals surface area contributed by atoms with Gasteiger partial charge in [-0.05, 0) is 29.8 Å². The van der Waals surface area contributed by atoms with E-state index in [1.54, 1.807) is 6.07 Å². The average molecular weight is 352 g/mol. The molecule has 3 aromatic rings. The summed E-state index contributed by atoms with van der Waals surface area (Å²) in [5, 5.41) is 23.7. The van der Waals surface area contributed by atoms with Crippen LogP contribution in [0.5, 0.6) is 5.75 Å². The van der Waals surface area contributed by atoms with Gasteiger partial charge < -0.3 is 10.1 Å². The van der Waals surface area contributed by atoms with Gasteiger partial charge in [0.25, 0.3) is 5.69 Å². The Hall–Kier alpha value is -3.73. The predicted molar refractivity (Wildman–Crippen MR) is 93.4 cm³/mol. The van der Waals surface area contributed by atoms with Gasteiger partial charge in [0, 0.05) is 24.1 Å². The molecule has 7 nitrogen and oxygen atoms in total. The second-order valence-electron chi connectivity index (χ2n) is 5.45. The lowest BCUT2D eigenvalue weighted by Crippen LogP contribution is -2.03. The minimum absolute atomic E-state index is 0.106. The third kappa shape index (κ3) is 3.37. The zero-order valence-electron chi connectivity index (χ0n) is 13.7. The summed E-state index contributed by atoms with van der Waals surface area (Å²) < 4.78 is 18.6. The van der Waals surface area contributed by atoms with Crippen molar-refractivity contribution in [2.75, 3.05) is 12.4 Å². The molecule has 0 unspecified atom stereocenters. The minimum atomic E-state index is -0.523. The van der Waals surface area contributed by atoms with Crippen LogP contribution in [0.15, 0.2) is 42.5 Å². The molecule has 1 N–H and O–H groups in total. The van der Waals surface area contributed by atoms with Crippen molar-refractivity contribution >= 4 is 22.4 Å². The van der Waals surface area contributed by atoms with Crippen LogP contribution >= 0.6 is 0 Å². The molecule has 0 aliphatic carbocycles. The van der Waals surface area contributed by atoms with Gasteiger partial charge in [0.05, 0.1) is 29.2 Å². The number of halogens is 1. The topological polar surface area (TPSA) is 101 Å². The van der Waals surface area contributed by atoms with E-state index in [4.69, 9.17) is 4.74 Å². The van der Waals surface area contributed by atoms with E-state index in [0.717, 1.165) is 0 Å². The molecule has 0 bridgehead atoms. The number of nitro benzene ring substituents is 1. The smallest absolute Gasteiger partial charge is 0.270 e. The van der Waals surface area contributed by atoms with E-state index in [1.807, 2.05) is 6.07 Å². The molecule has 0 fully saturated rings. The first-order valence-corrected chi connectivity index (χ1v) is 7.57. The summed E-state index contributed by atoms with van der Waals surface area (Å²) in [5.41, 5.74) is 1.29. The number of methoxy groups -OCH3 is 1. The van der Waals surface area contributed by atoms with E-state index < -0.39 is 10.7 Å². The number of benzene rings is 2. The molecule has 1 aromatic heterocycles. The summed E-state index contributed by atoms with van der Waals surface area (Å²) in [7, 11) is 1.39. The van der Waals surface area contributed by atoms with Crippen molar-refractivity contribution in [1.82, 2.24) is 4.98 Å². The SMILES string of the molecule is COc1ccc(CNc2cc(C#N)c3cc([N+](=O)[O-])ccc3n2)cc1F. The molecular formula is C18H13FN4O3. The van der Waals surface area contributed by atoms with Crippen molar-refractivity contribution in [3.05, 3.63) is 69.5 Å². The van der Waals surface area contributed by atoms with Crippen molar-refractivity contribution in [2.24, 2.45) is 0 Å². The molecule has 0 atom stereocenters. The maximum absolute atomic E-state index is 13.7.